The Kier molecular flexibility index (Phi) is 6.57. The van der Waals surface area contributed by atoms with Crippen molar-refractivity contribution in [2.75, 3.05) is 0 Å². The molecule has 0 aromatic rings. The Hall–Kier alpha value is 0.697. The summed E-state index contributed by atoms with van der Waals surface area (Å²) in [7, 11) is -0.986. The summed E-state index contributed by atoms with van der Waals surface area (Å²) in [5.41, 5.74) is 0. The van der Waals surface area contributed by atoms with Gasteiger partial charge in [0.2, 0.25) is 0 Å². The Morgan fingerprint density at radius 3 is 2.00 bits per heavy atom. The number of hydrogen-bond acceptors (Lipinski definition) is 0. The first kappa shape index (κ1) is 13.7. The van der Waals surface area contributed by atoms with E-state index in [1.165, 1.54) is 24.6 Å². The molecule has 70 valence electrons. The average molecular weight is 204 g/mol. The summed E-state index contributed by atoms with van der Waals surface area (Å²) in [5.74, 6) is 0. The minimum atomic E-state index is -0.986. The molecule has 0 aromatic carbocycles. The van der Waals surface area contributed by atoms with Gasteiger partial charge in [-0.25, -0.2) is 0 Å². The van der Waals surface area contributed by atoms with Crippen molar-refractivity contribution in [2.45, 2.75) is 45.3 Å². The van der Waals surface area contributed by atoms with Crippen LogP contribution in [0.2, 0.25) is 18.1 Å². The fourth-order valence-corrected chi connectivity index (χ4v) is 6.13. The van der Waals surface area contributed by atoms with Crippen molar-refractivity contribution in [3.8, 4) is 0 Å². The van der Waals surface area contributed by atoms with Crippen molar-refractivity contribution in [1.82, 2.24) is 0 Å². The molecule has 0 atom stereocenters. The SMILES string of the molecule is CC[Si](CC)(CC)C1=CC=CC1.[NaH]. The summed E-state index contributed by atoms with van der Waals surface area (Å²) in [6.45, 7) is 7.12. The quantitative estimate of drug-likeness (QED) is 0.617. The van der Waals surface area contributed by atoms with Gasteiger partial charge in [0.15, 0.2) is 0 Å². The summed E-state index contributed by atoms with van der Waals surface area (Å²) in [4.78, 5) is 0. The molecule has 0 aromatic heterocycles. The van der Waals surface area contributed by atoms with Crippen LogP contribution in [0.15, 0.2) is 23.4 Å². The molecule has 0 saturated carbocycles. The van der Waals surface area contributed by atoms with Crippen molar-refractivity contribution in [2.24, 2.45) is 0 Å². The molecular formula is C11H21NaSi. The second-order valence-electron chi connectivity index (χ2n) is 3.67. The van der Waals surface area contributed by atoms with Gasteiger partial charge in [-0.2, -0.15) is 0 Å². The van der Waals surface area contributed by atoms with E-state index in [0.717, 1.165) is 0 Å². The third-order valence-electron chi connectivity index (χ3n) is 3.48. The third-order valence-corrected chi connectivity index (χ3v) is 9.28. The van der Waals surface area contributed by atoms with Crippen molar-refractivity contribution in [3.63, 3.8) is 0 Å². The molecule has 1 aliphatic rings. The third kappa shape index (κ3) is 2.82. The number of allylic oxidation sites excluding steroid dienone is 4. The van der Waals surface area contributed by atoms with Crippen LogP contribution in [0.25, 0.3) is 0 Å². The van der Waals surface area contributed by atoms with E-state index in [-0.39, 0.29) is 29.6 Å². The van der Waals surface area contributed by atoms with Gasteiger partial charge < -0.3 is 0 Å². The van der Waals surface area contributed by atoms with Gasteiger partial charge in [-0.1, -0.05) is 62.3 Å². The van der Waals surface area contributed by atoms with Gasteiger partial charge in [-0.15, -0.1) is 0 Å². The molecule has 0 saturated heterocycles. The second kappa shape index (κ2) is 6.23. The van der Waals surface area contributed by atoms with Crippen LogP contribution in [0, 0.1) is 0 Å². The molecule has 1 aliphatic carbocycles. The molecule has 0 bridgehead atoms. The molecule has 0 heterocycles. The Labute approximate surface area is 106 Å². The molecule has 0 unspecified atom stereocenters. The maximum absolute atomic E-state index is 2.38. The normalized spacial score (nSPS) is 15.5. The van der Waals surface area contributed by atoms with Crippen LogP contribution >= 0.6 is 0 Å². The Bertz CT molecular complexity index is 194. The molecule has 0 radical (unpaired) electrons. The van der Waals surface area contributed by atoms with Gasteiger partial charge >= 0.3 is 29.6 Å². The van der Waals surface area contributed by atoms with Gasteiger partial charge in [0.25, 0.3) is 0 Å². The first-order valence-electron chi connectivity index (χ1n) is 5.15. The number of hydrogen-bond donors (Lipinski definition) is 0. The molecule has 0 nitrogen and oxygen atoms in total. The maximum atomic E-state index is 2.38. The van der Waals surface area contributed by atoms with Gasteiger partial charge in [0.1, 0.15) is 0 Å². The standard InChI is InChI=1S/C11H20Si.Na.H/c1-4-12(5-2,6-3)11-9-7-8-10-11;;/h7-9H,4-6,10H2,1-3H3;;. The molecule has 13 heavy (non-hydrogen) atoms. The fraction of sp³-hybridized carbons (Fsp3) is 0.636. The van der Waals surface area contributed by atoms with E-state index >= 15 is 0 Å². The van der Waals surface area contributed by atoms with Crippen LogP contribution in [0.3, 0.4) is 0 Å². The Morgan fingerprint density at radius 2 is 1.69 bits per heavy atom. The molecule has 0 N–H and O–H groups in total. The predicted molar refractivity (Wildman–Crippen MR) is 66.2 cm³/mol. The fourth-order valence-electron chi connectivity index (χ4n) is 2.27. The van der Waals surface area contributed by atoms with Crippen molar-refractivity contribution >= 4 is 37.6 Å². The van der Waals surface area contributed by atoms with Crippen molar-refractivity contribution in [3.05, 3.63) is 23.4 Å². The zero-order chi connectivity index (χ0) is 9.03. The van der Waals surface area contributed by atoms with E-state index in [1.807, 2.05) is 0 Å². The Morgan fingerprint density at radius 1 is 1.15 bits per heavy atom. The van der Waals surface area contributed by atoms with Crippen molar-refractivity contribution < 1.29 is 0 Å². The monoisotopic (exact) mass is 204 g/mol. The summed E-state index contributed by atoms with van der Waals surface area (Å²) in [5, 5.41) is 1.79. The van der Waals surface area contributed by atoms with Gasteiger partial charge in [-0.3, -0.25) is 0 Å². The van der Waals surface area contributed by atoms with E-state index in [1.54, 1.807) is 5.20 Å². The summed E-state index contributed by atoms with van der Waals surface area (Å²) >= 11 is 0. The minimum absolute atomic E-state index is 0. The van der Waals surface area contributed by atoms with Crippen LogP contribution in [0.4, 0.5) is 0 Å². The second-order valence-corrected chi connectivity index (χ2v) is 8.99. The zero-order valence-corrected chi connectivity index (χ0v) is 9.56. The molecular weight excluding hydrogens is 183 g/mol. The molecule has 2 heteroatoms. The first-order chi connectivity index (χ1) is 5.79. The topological polar surface area (TPSA) is 0 Å². The van der Waals surface area contributed by atoms with Crippen LogP contribution in [0.5, 0.6) is 0 Å². The molecule has 0 aliphatic heterocycles. The Balaban J connectivity index is 0.00000144. The molecule has 0 spiro atoms. The van der Waals surface area contributed by atoms with Gasteiger partial charge in [0, 0.05) is 0 Å². The van der Waals surface area contributed by atoms with Gasteiger partial charge in [-0.05, 0) is 6.42 Å². The molecule has 0 fully saturated rings. The van der Waals surface area contributed by atoms with E-state index in [4.69, 9.17) is 0 Å². The van der Waals surface area contributed by atoms with Crippen LogP contribution in [-0.2, 0) is 0 Å². The molecule has 1 rings (SSSR count). The predicted octanol–water partition coefficient (Wildman–Crippen LogP) is 3.27. The molecule has 0 amide bonds. The van der Waals surface area contributed by atoms with Crippen LogP contribution in [-0.4, -0.2) is 37.6 Å². The van der Waals surface area contributed by atoms with E-state index in [2.05, 4.69) is 39.0 Å². The number of rotatable bonds is 4. The summed E-state index contributed by atoms with van der Waals surface area (Å²) in [6.07, 6.45) is 8.17. The average Bonchev–Trinajstić information content (AvgIpc) is 2.62. The van der Waals surface area contributed by atoms with E-state index in [9.17, 15) is 0 Å². The summed E-state index contributed by atoms with van der Waals surface area (Å²) < 4.78 is 0. The van der Waals surface area contributed by atoms with Crippen LogP contribution in [0.1, 0.15) is 27.2 Å². The zero-order valence-electron chi connectivity index (χ0n) is 8.56. The van der Waals surface area contributed by atoms with Gasteiger partial charge in [0.05, 0.1) is 8.07 Å². The van der Waals surface area contributed by atoms with Crippen molar-refractivity contribution in [1.29, 1.82) is 0 Å². The van der Waals surface area contributed by atoms with E-state index < -0.39 is 8.07 Å². The van der Waals surface area contributed by atoms with E-state index in [0.29, 0.717) is 0 Å². The van der Waals surface area contributed by atoms with Crippen LogP contribution < -0.4 is 0 Å². The first-order valence-corrected chi connectivity index (χ1v) is 7.77. The summed E-state index contributed by atoms with van der Waals surface area (Å²) in [6, 6.07) is 4.27.